The predicted molar refractivity (Wildman–Crippen MR) is 62.6 cm³/mol. The third kappa shape index (κ3) is 4.00. The topological polar surface area (TPSA) is 79.3 Å². The standard InChI is InChI=1S/C10H18N4O2/c1-3-12-9-4-11-5-10(14-9)13-8(6-15)7-16-2/h4-5,8,15H,3,6-7H2,1-2H3,(H2,12,13,14). The first-order valence-corrected chi connectivity index (χ1v) is 5.22. The Hall–Kier alpha value is -1.40. The average molecular weight is 226 g/mol. The summed E-state index contributed by atoms with van der Waals surface area (Å²) in [5.41, 5.74) is 0. The van der Waals surface area contributed by atoms with Crippen molar-refractivity contribution in [3.05, 3.63) is 12.4 Å². The van der Waals surface area contributed by atoms with Gasteiger partial charge in [-0.05, 0) is 6.92 Å². The number of hydrogen-bond donors (Lipinski definition) is 3. The van der Waals surface area contributed by atoms with Crippen LogP contribution in [0.15, 0.2) is 12.4 Å². The Balaban J connectivity index is 2.60. The molecular weight excluding hydrogens is 208 g/mol. The lowest BCUT2D eigenvalue weighted by Crippen LogP contribution is -2.29. The molecular formula is C10H18N4O2. The van der Waals surface area contributed by atoms with Crippen LogP contribution in [0.4, 0.5) is 11.6 Å². The van der Waals surface area contributed by atoms with Gasteiger partial charge in [-0.1, -0.05) is 0 Å². The maximum Gasteiger partial charge on any atom is 0.147 e. The Labute approximate surface area is 95.1 Å². The molecule has 6 nitrogen and oxygen atoms in total. The van der Waals surface area contributed by atoms with Gasteiger partial charge in [-0.15, -0.1) is 0 Å². The van der Waals surface area contributed by atoms with Crippen LogP contribution >= 0.6 is 0 Å². The van der Waals surface area contributed by atoms with Crippen LogP contribution in [0.25, 0.3) is 0 Å². The fraction of sp³-hybridized carbons (Fsp3) is 0.600. The van der Waals surface area contributed by atoms with E-state index in [4.69, 9.17) is 9.84 Å². The molecule has 1 rings (SSSR count). The summed E-state index contributed by atoms with van der Waals surface area (Å²) < 4.78 is 4.96. The summed E-state index contributed by atoms with van der Waals surface area (Å²) in [7, 11) is 1.59. The molecule has 90 valence electrons. The van der Waals surface area contributed by atoms with E-state index in [0.29, 0.717) is 18.2 Å². The number of aromatic nitrogens is 2. The van der Waals surface area contributed by atoms with Crippen LogP contribution in [0, 0.1) is 0 Å². The number of rotatable bonds is 7. The Morgan fingerprint density at radius 3 is 2.81 bits per heavy atom. The van der Waals surface area contributed by atoms with Gasteiger partial charge in [0.05, 0.1) is 31.6 Å². The Morgan fingerprint density at radius 1 is 1.44 bits per heavy atom. The van der Waals surface area contributed by atoms with Crippen molar-refractivity contribution in [2.24, 2.45) is 0 Å². The lowest BCUT2D eigenvalue weighted by atomic mass is 10.3. The van der Waals surface area contributed by atoms with Gasteiger partial charge in [-0.25, -0.2) is 4.98 Å². The Bertz CT molecular complexity index is 309. The van der Waals surface area contributed by atoms with Crippen molar-refractivity contribution < 1.29 is 9.84 Å². The molecule has 1 aromatic rings. The molecule has 0 aliphatic heterocycles. The minimum Gasteiger partial charge on any atom is -0.394 e. The fourth-order valence-electron chi connectivity index (χ4n) is 1.25. The predicted octanol–water partition coefficient (Wildman–Crippen LogP) is 0.328. The van der Waals surface area contributed by atoms with E-state index in [-0.39, 0.29) is 12.6 Å². The summed E-state index contributed by atoms with van der Waals surface area (Å²) in [5, 5.41) is 15.2. The van der Waals surface area contributed by atoms with Crippen molar-refractivity contribution in [1.29, 1.82) is 0 Å². The molecule has 1 aromatic heterocycles. The second kappa shape index (κ2) is 6.97. The third-order valence-corrected chi connectivity index (χ3v) is 1.93. The monoisotopic (exact) mass is 226 g/mol. The molecule has 0 bridgehead atoms. The zero-order valence-electron chi connectivity index (χ0n) is 9.60. The van der Waals surface area contributed by atoms with E-state index in [1.54, 1.807) is 19.5 Å². The SMILES string of the molecule is CCNc1cncc(NC(CO)COC)n1. The van der Waals surface area contributed by atoms with Gasteiger partial charge >= 0.3 is 0 Å². The van der Waals surface area contributed by atoms with E-state index in [9.17, 15) is 0 Å². The highest BCUT2D eigenvalue weighted by Gasteiger charge is 2.07. The third-order valence-electron chi connectivity index (χ3n) is 1.93. The van der Waals surface area contributed by atoms with Gasteiger partial charge in [0.2, 0.25) is 0 Å². The van der Waals surface area contributed by atoms with Crippen molar-refractivity contribution in [3.8, 4) is 0 Å². The first kappa shape index (κ1) is 12.7. The van der Waals surface area contributed by atoms with Gasteiger partial charge in [-0.2, -0.15) is 0 Å². The van der Waals surface area contributed by atoms with Gasteiger partial charge in [-0.3, -0.25) is 4.98 Å². The van der Waals surface area contributed by atoms with E-state index in [2.05, 4.69) is 20.6 Å². The molecule has 0 radical (unpaired) electrons. The molecule has 0 aliphatic carbocycles. The number of ether oxygens (including phenoxy) is 1. The van der Waals surface area contributed by atoms with E-state index in [1.807, 2.05) is 6.92 Å². The number of nitrogens with zero attached hydrogens (tertiary/aromatic N) is 2. The molecule has 1 heterocycles. The maximum absolute atomic E-state index is 9.08. The van der Waals surface area contributed by atoms with Crippen molar-refractivity contribution in [1.82, 2.24) is 9.97 Å². The van der Waals surface area contributed by atoms with Crippen LogP contribution < -0.4 is 10.6 Å². The summed E-state index contributed by atoms with van der Waals surface area (Å²) in [6, 6.07) is -0.170. The van der Waals surface area contributed by atoms with E-state index < -0.39 is 0 Å². The molecule has 1 atom stereocenters. The first-order valence-electron chi connectivity index (χ1n) is 5.22. The molecule has 0 aromatic carbocycles. The maximum atomic E-state index is 9.08. The van der Waals surface area contributed by atoms with Crippen LogP contribution in [0.1, 0.15) is 6.92 Å². The minimum atomic E-state index is -0.170. The number of hydrogen-bond acceptors (Lipinski definition) is 6. The fourth-order valence-corrected chi connectivity index (χ4v) is 1.25. The molecule has 0 aliphatic rings. The minimum absolute atomic E-state index is 0.0129. The van der Waals surface area contributed by atoms with Crippen LogP contribution in [0.2, 0.25) is 0 Å². The molecule has 0 spiro atoms. The van der Waals surface area contributed by atoms with E-state index in [0.717, 1.165) is 6.54 Å². The van der Waals surface area contributed by atoms with Crippen molar-refractivity contribution in [2.75, 3.05) is 37.5 Å². The molecule has 6 heteroatoms. The quantitative estimate of drug-likeness (QED) is 0.621. The number of nitrogens with one attached hydrogen (secondary N) is 2. The van der Waals surface area contributed by atoms with Crippen molar-refractivity contribution in [3.63, 3.8) is 0 Å². The lowest BCUT2D eigenvalue weighted by molar-refractivity contribution is 0.153. The highest BCUT2D eigenvalue weighted by molar-refractivity contribution is 5.42. The van der Waals surface area contributed by atoms with Crippen LogP contribution in [-0.4, -0.2) is 48.0 Å². The number of anilines is 2. The van der Waals surface area contributed by atoms with Gasteiger partial charge in [0, 0.05) is 13.7 Å². The second-order valence-corrected chi connectivity index (χ2v) is 3.30. The molecule has 0 saturated carbocycles. The first-order chi connectivity index (χ1) is 7.80. The van der Waals surface area contributed by atoms with Crippen LogP contribution in [-0.2, 0) is 4.74 Å². The van der Waals surface area contributed by atoms with Crippen LogP contribution in [0.5, 0.6) is 0 Å². The zero-order chi connectivity index (χ0) is 11.8. The summed E-state index contributed by atoms with van der Waals surface area (Å²) in [4.78, 5) is 8.32. The lowest BCUT2D eigenvalue weighted by Gasteiger charge is -2.15. The zero-order valence-corrected chi connectivity index (χ0v) is 9.60. The summed E-state index contributed by atoms with van der Waals surface area (Å²) in [6.45, 7) is 3.19. The van der Waals surface area contributed by atoms with Gasteiger partial charge in [0.15, 0.2) is 0 Å². The van der Waals surface area contributed by atoms with Gasteiger partial charge < -0.3 is 20.5 Å². The molecule has 16 heavy (non-hydrogen) atoms. The number of aliphatic hydroxyl groups excluding tert-OH is 1. The van der Waals surface area contributed by atoms with Gasteiger partial charge in [0.1, 0.15) is 11.6 Å². The van der Waals surface area contributed by atoms with Crippen molar-refractivity contribution in [2.45, 2.75) is 13.0 Å². The molecule has 0 saturated heterocycles. The van der Waals surface area contributed by atoms with Crippen LogP contribution in [0.3, 0.4) is 0 Å². The Morgan fingerprint density at radius 2 is 2.19 bits per heavy atom. The summed E-state index contributed by atoms with van der Waals surface area (Å²) >= 11 is 0. The molecule has 3 N–H and O–H groups in total. The Kier molecular flexibility index (Phi) is 5.52. The molecule has 1 unspecified atom stereocenters. The smallest absolute Gasteiger partial charge is 0.147 e. The number of methoxy groups -OCH3 is 1. The number of aliphatic hydroxyl groups is 1. The summed E-state index contributed by atoms with van der Waals surface area (Å²) in [5.74, 6) is 1.33. The van der Waals surface area contributed by atoms with Gasteiger partial charge in [0.25, 0.3) is 0 Å². The largest absolute Gasteiger partial charge is 0.394 e. The van der Waals surface area contributed by atoms with Crippen molar-refractivity contribution >= 4 is 11.6 Å². The normalized spacial score (nSPS) is 12.2. The van der Waals surface area contributed by atoms with E-state index in [1.165, 1.54) is 0 Å². The molecule has 0 amide bonds. The van der Waals surface area contributed by atoms with E-state index >= 15 is 0 Å². The average Bonchev–Trinajstić information content (AvgIpc) is 2.29. The molecule has 0 fully saturated rings. The highest BCUT2D eigenvalue weighted by atomic mass is 16.5. The summed E-state index contributed by atoms with van der Waals surface area (Å²) in [6.07, 6.45) is 3.26. The highest BCUT2D eigenvalue weighted by Crippen LogP contribution is 2.07. The second-order valence-electron chi connectivity index (χ2n) is 3.30.